The molecule has 7 nitrogen and oxygen atoms in total. The maximum Gasteiger partial charge on any atom is 0.522 e. The predicted molar refractivity (Wildman–Crippen MR) is 87.8 cm³/mol. The van der Waals surface area contributed by atoms with Crippen LogP contribution < -0.4 is 5.32 Å². The Morgan fingerprint density at radius 3 is 2.52 bits per heavy atom. The van der Waals surface area contributed by atoms with Crippen LogP contribution in [0.2, 0.25) is 0 Å². The number of anilines is 1. The molecular weight excluding hydrogens is 365 g/mol. The van der Waals surface area contributed by atoms with Gasteiger partial charge in [0.25, 0.3) is 0 Å². The number of alkyl halides is 3. The molecule has 1 saturated heterocycles. The van der Waals surface area contributed by atoms with Gasteiger partial charge in [0.15, 0.2) is 0 Å². The summed E-state index contributed by atoms with van der Waals surface area (Å²) in [5, 5.41) is 10.6. The van der Waals surface area contributed by atoms with Gasteiger partial charge in [-0.2, -0.15) is 0 Å². The van der Waals surface area contributed by atoms with Crippen molar-refractivity contribution in [2.75, 3.05) is 18.4 Å². The van der Waals surface area contributed by atoms with Crippen molar-refractivity contribution in [2.24, 2.45) is 5.41 Å². The predicted octanol–water partition coefficient (Wildman–Crippen LogP) is 3.06. The summed E-state index contributed by atoms with van der Waals surface area (Å²) in [5.41, 5.74) is 0.505. The second-order valence-corrected chi connectivity index (χ2v) is 7.99. The van der Waals surface area contributed by atoms with E-state index in [1.54, 1.807) is 6.92 Å². The highest BCUT2D eigenvalue weighted by Crippen LogP contribution is 2.53. The zero-order valence-electron chi connectivity index (χ0n) is 15.1. The number of rotatable bonds is 5. The first kappa shape index (κ1) is 18.5. The SMILES string of the molecule is CC(Nc1nnc(C2CC(OC(F)(F)F)C2)o1)C(=O)N1CCC2(CC1)CC2. The van der Waals surface area contributed by atoms with Gasteiger partial charge in [-0.05, 0) is 50.9 Å². The number of hydrogen-bond donors (Lipinski definition) is 1. The number of halogens is 3. The molecule has 1 aromatic rings. The van der Waals surface area contributed by atoms with Crippen molar-refractivity contribution in [2.45, 2.75) is 69.9 Å². The Morgan fingerprint density at radius 2 is 1.93 bits per heavy atom. The summed E-state index contributed by atoms with van der Waals surface area (Å²) in [6, 6.07) is -0.393. The number of likely N-dealkylation sites (tertiary alicyclic amines) is 1. The molecule has 1 amide bonds. The Labute approximate surface area is 154 Å². The van der Waals surface area contributed by atoms with Crippen molar-refractivity contribution >= 4 is 11.9 Å². The minimum atomic E-state index is -4.62. The van der Waals surface area contributed by atoms with Gasteiger partial charge in [0, 0.05) is 19.0 Å². The number of carbonyl (C=O) groups is 1. The molecule has 10 heteroatoms. The molecule has 0 bridgehead atoms. The summed E-state index contributed by atoms with van der Waals surface area (Å²) >= 11 is 0. The van der Waals surface area contributed by atoms with E-state index in [1.165, 1.54) is 12.8 Å². The average Bonchev–Trinajstić information content (AvgIpc) is 3.16. The van der Waals surface area contributed by atoms with Crippen molar-refractivity contribution in [3.63, 3.8) is 0 Å². The number of ether oxygens (including phenoxy) is 1. The van der Waals surface area contributed by atoms with E-state index in [1.807, 2.05) is 4.90 Å². The highest BCUT2D eigenvalue weighted by atomic mass is 19.4. The number of hydrogen-bond acceptors (Lipinski definition) is 6. The van der Waals surface area contributed by atoms with Gasteiger partial charge in [-0.3, -0.25) is 9.53 Å². The Balaban J connectivity index is 1.25. The average molecular weight is 388 g/mol. The monoisotopic (exact) mass is 388 g/mol. The number of amides is 1. The Morgan fingerprint density at radius 1 is 1.26 bits per heavy atom. The minimum Gasteiger partial charge on any atom is -0.408 e. The number of nitrogens with zero attached hydrogens (tertiary/aromatic N) is 3. The van der Waals surface area contributed by atoms with E-state index < -0.39 is 18.5 Å². The third kappa shape index (κ3) is 4.20. The smallest absolute Gasteiger partial charge is 0.408 e. The molecule has 1 unspecified atom stereocenters. The Bertz CT molecular complexity index is 688. The minimum absolute atomic E-state index is 0.00691. The van der Waals surface area contributed by atoms with Gasteiger partial charge in [-0.1, -0.05) is 5.10 Å². The molecular formula is C17H23F3N4O3. The molecule has 1 atom stereocenters. The fourth-order valence-electron chi connectivity index (χ4n) is 3.91. The third-order valence-electron chi connectivity index (χ3n) is 5.99. The Hall–Kier alpha value is -1.84. The molecule has 3 aliphatic rings. The first-order valence-corrected chi connectivity index (χ1v) is 9.36. The van der Waals surface area contributed by atoms with Crippen molar-refractivity contribution in [1.29, 1.82) is 0 Å². The standard InChI is InChI=1S/C17H23F3N4O3/c1-10(14(25)24-6-4-16(2-3-16)5-7-24)21-15-23-22-13(26-15)11-8-12(9-11)27-17(18,19)20/h10-12H,2-9H2,1H3,(H,21,23). The van der Waals surface area contributed by atoms with Gasteiger partial charge in [-0.25, -0.2) is 0 Å². The lowest BCUT2D eigenvalue weighted by Crippen LogP contribution is -2.45. The quantitative estimate of drug-likeness (QED) is 0.835. The molecule has 0 radical (unpaired) electrons. The van der Waals surface area contributed by atoms with Gasteiger partial charge in [0.2, 0.25) is 11.8 Å². The second kappa shape index (κ2) is 6.65. The lowest BCUT2D eigenvalue weighted by molar-refractivity contribution is -0.352. The molecule has 2 aliphatic carbocycles. The molecule has 1 aliphatic heterocycles. The van der Waals surface area contributed by atoms with Crippen molar-refractivity contribution in [3.05, 3.63) is 5.89 Å². The summed E-state index contributed by atoms with van der Waals surface area (Å²) in [4.78, 5) is 14.4. The molecule has 1 N–H and O–H groups in total. The molecule has 27 heavy (non-hydrogen) atoms. The first-order valence-electron chi connectivity index (χ1n) is 9.36. The van der Waals surface area contributed by atoms with Crippen LogP contribution in [0.3, 0.4) is 0 Å². The number of piperidine rings is 1. The van der Waals surface area contributed by atoms with E-state index in [2.05, 4.69) is 20.3 Å². The van der Waals surface area contributed by atoms with E-state index >= 15 is 0 Å². The highest BCUT2D eigenvalue weighted by molar-refractivity contribution is 5.83. The zero-order chi connectivity index (χ0) is 19.2. The molecule has 1 spiro atoms. The van der Waals surface area contributed by atoms with Gasteiger partial charge in [0.1, 0.15) is 6.04 Å². The molecule has 0 aromatic carbocycles. The van der Waals surface area contributed by atoms with Crippen molar-refractivity contribution < 1.29 is 27.1 Å². The van der Waals surface area contributed by atoms with Gasteiger partial charge in [0.05, 0.1) is 6.10 Å². The van der Waals surface area contributed by atoms with Crippen LogP contribution in [0.4, 0.5) is 19.2 Å². The van der Waals surface area contributed by atoms with Crippen LogP contribution in [0, 0.1) is 5.41 Å². The number of nitrogens with one attached hydrogen (secondary N) is 1. The molecule has 4 rings (SSSR count). The molecule has 3 fully saturated rings. The molecule has 1 aromatic heterocycles. The molecule has 2 heterocycles. The van der Waals surface area contributed by atoms with Gasteiger partial charge in [-0.15, -0.1) is 18.3 Å². The lowest BCUT2D eigenvalue weighted by atomic mass is 9.82. The van der Waals surface area contributed by atoms with Crippen LogP contribution in [0.1, 0.15) is 57.3 Å². The van der Waals surface area contributed by atoms with E-state index in [9.17, 15) is 18.0 Å². The van der Waals surface area contributed by atoms with Crippen molar-refractivity contribution in [3.8, 4) is 0 Å². The third-order valence-corrected chi connectivity index (χ3v) is 5.99. The first-order chi connectivity index (χ1) is 12.7. The van der Waals surface area contributed by atoms with E-state index in [-0.39, 0.29) is 36.6 Å². The molecule has 2 saturated carbocycles. The van der Waals surface area contributed by atoms with Crippen LogP contribution in [-0.4, -0.2) is 52.6 Å². The summed E-state index contributed by atoms with van der Waals surface area (Å²) in [6.45, 7) is 3.30. The van der Waals surface area contributed by atoms with Gasteiger partial charge >= 0.3 is 12.4 Å². The van der Waals surface area contributed by atoms with Crippen molar-refractivity contribution in [1.82, 2.24) is 15.1 Å². The largest absolute Gasteiger partial charge is 0.522 e. The van der Waals surface area contributed by atoms with Crippen LogP contribution in [0.5, 0.6) is 0 Å². The number of aromatic nitrogens is 2. The summed E-state index contributed by atoms with van der Waals surface area (Å²) < 4.78 is 45.9. The summed E-state index contributed by atoms with van der Waals surface area (Å²) in [7, 11) is 0. The van der Waals surface area contributed by atoms with Gasteiger partial charge < -0.3 is 14.6 Å². The lowest BCUT2D eigenvalue weighted by Gasteiger charge is -2.33. The number of carbonyl (C=O) groups excluding carboxylic acids is 1. The highest BCUT2D eigenvalue weighted by Gasteiger charge is 2.45. The summed E-state index contributed by atoms with van der Waals surface area (Å²) in [6.07, 6.45) is -0.421. The fraction of sp³-hybridized carbons (Fsp3) is 0.824. The normalized spacial score (nSPS) is 27.9. The Kier molecular flexibility index (Phi) is 4.56. The van der Waals surface area contributed by atoms with E-state index in [0.717, 1.165) is 25.9 Å². The zero-order valence-corrected chi connectivity index (χ0v) is 15.1. The maximum absolute atomic E-state index is 12.6. The molecule has 150 valence electrons. The maximum atomic E-state index is 12.6. The van der Waals surface area contributed by atoms with Crippen LogP contribution >= 0.6 is 0 Å². The topological polar surface area (TPSA) is 80.5 Å². The van der Waals surface area contributed by atoms with Crippen LogP contribution in [-0.2, 0) is 9.53 Å². The van der Waals surface area contributed by atoms with E-state index in [0.29, 0.717) is 5.41 Å². The van der Waals surface area contributed by atoms with Crippen LogP contribution in [0.25, 0.3) is 0 Å². The summed E-state index contributed by atoms with van der Waals surface area (Å²) in [5.74, 6) is 0.0172. The second-order valence-electron chi connectivity index (χ2n) is 7.99. The van der Waals surface area contributed by atoms with E-state index in [4.69, 9.17) is 4.42 Å². The fourth-order valence-corrected chi connectivity index (χ4v) is 3.91. The van der Waals surface area contributed by atoms with Crippen LogP contribution in [0.15, 0.2) is 4.42 Å².